The van der Waals surface area contributed by atoms with Gasteiger partial charge in [0, 0.05) is 12.1 Å². The second kappa shape index (κ2) is 6.03. The minimum Gasteiger partial charge on any atom is -0.352 e. The largest absolute Gasteiger partial charge is 0.352 e. The molecule has 1 aromatic rings. The predicted molar refractivity (Wildman–Crippen MR) is 74.8 cm³/mol. The van der Waals surface area contributed by atoms with Gasteiger partial charge in [0.1, 0.15) is 0 Å². The molecule has 98 valence electrons. The molecule has 1 amide bonds. The fraction of sp³-hybridized carbons (Fsp3) is 0.562. The highest BCUT2D eigenvalue weighted by Crippen LogP contribution is 2.26. The van der Waals surface area contributed by atoms with Crippen molar-refractivity contribution in [1.29, 1.82) is 0 Å². The Morgan fingerprint density at radius 1 is 1.22 bits per heavy atom. The molecule has 2 heteroatoms. The summed E-state index contributed by atoms with van der Waals surface area (Å²) in [5.41, 5.74) is 3.19. The minimum atomic E-state index is 0.0658. The van der Waals surface area contributed by atoms with Gasteiger partial charge in [0.05, 0.1) is 0 Å². The van der Waals surface area contributed by atoms with Crippen molar-refractivity contribution in [3.8, 4) is 0 Å². The van der Waals surface area contributed by atoms with Crippen molar-refractivity contribution >= 4 is 5.91 Å². The maximum atomic E-state index is 12.0. The molecule has 1 fully saturated rings. The molecule has 0 spiro atoms. The third-order valence-electron chi connectivity index (χ3n) is 4.08. The predicted octanol–water partition coefficient (Wildman–Crippen LogP) is 3.61. The molecule has 0 unspecified atom stereocenters. The Bertz CT molecular complexity index is 419. The lowest BCUT2D eigenvalue weighted by Gasteiger charge is -2.10. The summed E-state index contributed by atoms with van der Waals surface area (Å²) < 4.78 is 0. The Kier molecular flexibility index (Phi) is 4.40. The van der Waals surface area contributed by atoms with E-state index in [-0.39, 0.29) is 5.91 Å². The van der Waals surface area contributed by atoms with Gasteiger partial charge in [0.2, 0.25) is 0 Å². The average Bonchev–Trinajstić information content (AvgIpc) is 2.85. The van der Waals surface area contributed by atoms with Crippen molar-refractivity contribution in [2.75, 3.05) is 6.54 Å². The molecule has 0 heterocycles. The molecule has 2 nitrogen and oxygen atoms in total. The molecule has 0 radical (unpaired) electrons. The number of hydrogen-bond acceptors (Lipinski definition) is 1. The number of carbonyl (C=O) groups is 1. The van der Waals surface area contributed by atoms with Gasteiger partial charge in [-0.3, -0.25) is 4.79 Å². The number of nitrogens with one attached hydrogen (secondary N) is 1. The van der Waals surface area contributed by atoms with Crippen LogP contribution in [0.25, 0.3) is 0 Å². The Hall–Kier alpha value is -1.31. The zero-order chi connectivity index (χ0) is 13.0. The van der Waals surface area contributed by atoms with Crippen molar-refractivity contribution in [2.45, 2.75) is 46.0 Å². The van der Waals surface area contributed by atoms with E-state index in [1.165, 1.54) is 36.8 Å². The van der Waals surface area contributed by atoms with Gasteiger partial charge >= 0.3 is 0 Å². The molecular weight excluding hydrogens is 222 g/mol. The van der Waals surface area contributed by atoms with Gasteiger partial charge in [0.15, 0.2) is 0 Å². The lowest BCUT2D eigenvalue weighted by atomic mass is 10.0. The van der Waals surface area contributed by atoms with Crippen molar-refractivity contribution in [1.82, 2.24) is 5.32 Å². The van der Waals surface area contributed by atoms with E-state index in [0.717, 1.165) is 24.4 Å². The van der Waals surface area contributed by atoms with E-state index in [4.69, 9.17) is 0 Å². The first-order valence-corrected chi connectivity index (χ1v) is 7.02. The van der Waals surface area contributed by atoms with Crippen LogP contribution in [0.4, 0.5) is 0 Å². The molecule has 0 saturated heterocycles. The lowest BCUT2D eigenvalue weighted by Crippen LogP contribution is -2.25. The maximum absolute atomic E-state index is 12.0. The summed E-state index contributed by atoms with van der Waals surface area (Å²) in [5, 5.41) is 3.03. The number of benzene rings is 1. The summed E-state index contributed by atoms with van der Waals surface area (Å²) in [4.78, 5) is 12.0. The number of rotatable bonds is 4. The number of amides is 1. The van der Waals surface area contributed by atoms with Gasteiger partial charge in [-0.05, 0) is 49.4 Å². The van der Waals surface area contributed by atoms with E-state index >= 15 is 0 Å². The third kappa shape index (κ3) is 3.34. The molecule has 0 bridgehead atoms. The molecule has 0 aromatic heterocycles. The highest BCUT2D eigenvalue weighted by atomic mass is 16.1. The van der Waals surface area contributed by atoms with Gasteiger partial charge in [-0.25, -0.2) is 0 Å². The summed E-state index contributed by atoms with van der Waals surface area (Å²) in [6, 6.07) is 5.90. The molecule has 1 aliphatic carbocycles. The fourth-order valence-electron chi connectivity index (χ4n) is 2.67. The molecule has 0 aliphatic heterocycles. The lowest BCUT2D eigenvalue weighted by molar-refractivity contribution is 0.0951. The molecule has 1 aliphatic rings. The SMILES string of the molecule is Cc1ccc(C(=O)NCCC2CCCC2)cc1C. The van der Waals surface area contributed by atoms with Crippen LogP contribution in [0.1, 0.15) is 53.6 Å². The minimum absolute atomic E-state index is 0.0658. The molecule has 1 saturated carbocycles. The first-order chi connectivity index (χ1) is 8.66. The van der Waals surface area contributed by atoms with Gasteiger partial charge < -0.3 is 5.32 Å². The third-order valence-corrected chi connectivity index (χ3v) is 4.08. The van der Waals surface area contributed by atoms with E-state index in [0.29, 0.717) is 0 Å². The summed E-state index contributed by atoms with van der Waals surface area (Å²) >= 11 is 0. The molecule has 1 N–H and O–H groups in total. The van der Waals surface area contributed by atoms with Crippen LogP contribution in [0, 0.1) is 19.8 Å². The smallest absolute Gasteiger partial charge is 0.251 e. The van der Waals surface area contributed by atoms with E-state index in [2.05, 4.69) is 12.2 Å². The zero-order valence-electron chi connectivity index (χ0n) is 11.5. The fourth-order valence-corrected chi connectivity index (χ4v) is 2.67. The molecule has 1 aromatic carbocycles. The van der Waals surface area contributed by atoms with E-state index < -0.39 is 0 Å². The van der Waals surface area contributed by atoms with E-state index in [1.807, 2.05) is 25.1 Å². The van der Waals surface area contributed by atoms with Gasteiger partial charge in [-0.2, -0.15) is 0 Å². The van der Waals surface area contributed by atoms with E-state index in [1.54, 1.807) is 0 Å². The van der Waals surface area contributed by atoms with Crippen LogP contribution < -0.4 is 5.32 Å². The summed E-state index contributed by atoms with van der Waals surface area (Å²) in [6.07, 6.45) is 6.57. The Balaban J connectivity index is 1.81. The molecule has 18 heavy (non-hydrogen) atoms. The van der Waals surface area contributed by atoms with Crippen LogP contribution >= 0.6 is 0 Å². The van der Waals surface area contributed by atoms with Crippen LogP contribution in [0.3, 0.4) is 0 Å². The van der Waals surface area contributed by atoms with Crippen molar-refractivity contribution < 1.29 is 4.79 Å². The number of aryl methyl sites for hydroxylation is 2. The quantitative estimate of drug-likeness (QED) is 0.862. The highest BCUT2D eigenvalue weighted by molar-refractivity contribution is 5.94. The summed E-state index contributed by atoms with van der Waals surface area (Å²) in [5.74, 6) is 0.904. The Labute approximate surface area is 110 Å². The van der Waals surface area contributed by atoms with Gasteiger partial charge in [-0.1, -0.05) is 31.7 Å². The zero-order valence-corrected chi connectivity index (χ0v) is 11.5. The Morgan fingerprint density at radius 3 is 2.61 bits per heavy atom. The van der Waals surface area contributed by atoms with Crippen LogP contribution in [0.15, 0.2) is 18.2 Å². The number of hydrogen-bond donors (Lipinski definition) is 1. The van der Waals surface area contributed by atoms with Crippen LogP contribution in [0.5, 0.6) is 0 Å². The topological polar surface area (TPSA) is 29.1 Å². The number of carbonyl (C=O) groups excluding carboxylic acids is 1. The van der Waals surface area contributed by atoms with Gasteiger partial charge in [0.25, 0.3) is 5.91 Å². The van der Waals surface area contributed by atoms with Gasteiger partial charge in [-0.15, -0.1) is 0 Å². The maximum Gasteiger partial charge on any atom is 0.251 e. The van der Waals surface area contributed by atoms with Crippen LogP contribution in [-0.4, -0.2) is 12.5 Å². The van der Waals surface area contributed by atoms with Crippen molar-refractivity contribution in [2.24, 2.45) is 5.92 Å². The van der Waals surface area contributed by atoms with E-state index in [9.17, 15) is 4.79 Å². The molecule has 2 rings (SSSR count). The second-order valence-electron chi connectivity index (χ2n) is 5.49. The molecular formula is C16H23NO. The normalized spacial score (nSPS) is 15.9. The van der Waals surface area contributed by atoms with Crippen molar-refractivity contribution in [3.63, 3.8) is 0 Å². The first kappa shape index (κ1) is 13.1. The molecule has 0 atom stereocenters. The van der Waals surface area contributed by atoms with Crippen molar-refractivity contribution in [3.05, 3.63) is 34.9 Å². The second-order valence-corrected chi connectivity index (χ2v) is 5.49. The average molecular weight is 245 g/mol. The standard InChI is InChI=1S/C16H23NO/c1-12-7-8-15(11-13(12)2)16(18)17-10-9-14-5-3-4-6-14/h7-8,11,14H,3-6,9-10H2,1-2H3,(H,17,18). The summed E-state index contributed by atoms with van der Waals surface area (Å²) in [6.45, 7) is 4.93. The first-order valence-electron chi connectivity index (χ1n) is 7.02. The highest BCUT2D eigenvalue weighted by Gasteiger charge is 2.15. The summed E-state index contributed by atoms with van der Waals surface area (Å²) in [7, 11) is 0. The van der Waals surface area contributed by atoms with Crippen LogP contribution in [0.2, 0.25) is 0 Å². The monoisotopic (exact) mass is 245 g/mol. The van der Waals surface area contributed by atoms with Crippen LogP contribution in [-0.2, 0) is 0 Å². The Morgan fingerprint density at radius 2 is 1.94 bits per heavy atom.